The van der Waals surface area contributed by atoms with Crippen LogP contribution in [-0.2, 0) is 17.8 Å². The highest BCUT2D eigenvalue weighted by atomic mass is 16.2. The Balaban J connectivity index is 1.38. The van der Waals surface area contributed by atoms with Gasteiger partial charge in [0.1, 0.15) is 5.82 Å². The Morgan fingerprint density at radius 2 is 2.00 bits per heavy atom. The number of aromatic nitrogens is 2. The first-order valence-corrected chi connectivity index (χ1v) is 10.5. The van der Waals surface area contributed by atoms with Gasteiger partial charge in [0, 0.05) is 50.2 Å². The monoisotopic (exact) mass is 356 g/mol. The van der Waals surface area contributed by atoms with Crippen molar-refractivity contribution in [3.63, 3.8) is 0 Å². The van der Waals surface area contributed by atoms with Gasteiger partial charge in [-0.3, -0.25) is 4.79 Å². The number of hydrogen-bond acceptors (Lipinski definition) is 4. The van der Waals surface area contributed by atoms with Crippen LogP contribution in [-0.4, -0.2) is 52.4 Å². The van der Waals surface area contributed by atoms with E-state index in [0.717, 1.165) is 37.3 Å². The molecule has 0 bridgehead atoms. The summed E-state index contributed by atoms with van der Waals surface area (Å²) in [5.74, 6) is 2.42. The van der Waals surface area contributed by atoms with Crippen molar-refractivity contribution in [2.24, 2.45) is 5.92 Å². The summed E-state index contributed by atoms with van der Waals surface area (Å²) < 4.78 is 0. The van der Waals surface area contributed by atoms with E-state index in [1.807, 2.05) is 11.1 Å². The van der Waals surface area contributed by atoms with Crippen LogP contribution in [0, 0.1) is 5.92 Å². The number of amides is 1. The predicted molar refractivity (Wildman–Crippen MR) is 102 cm³/mol. The Morgan fingerprint density at radius 1 is 1.15 bits per heavy atom. The van der Waals surface area contributed by atoms with Crippen LogP contribution < -0.4 is 0 Å². The number of nitrogens with zero attached hydrogens (tertiary/aromatic N) is 4. The first-order valence-electron chi connectivity index (χ1n) is 10.5. The average Bonchev–Trinajstić information content (AvgIpc) is 2.68. The summed E-state index contributed by atoms with van der Waals surface area (Å²) in [6.07, 6.45) is 12.4. The molecular formula is C21H32N4O. The number of likely N-dealkylation sites (N-methyl/N-ethyl adjacent to an activating group) is 1. The van der Waals surface area contributed by atoms with Gasteiger partial charge in [-0.15, -0.1) is 0 Å². The fourth-order valence-corrected chi connectivity index (χ4v) is 4.89. The summed E-state index contributed by atoms with van der Waals surface area (Å²) in [5, 5.41) is 0. The Hall–Kier alpha value is -1.49. The lowest BCUT2D eigenvalue weighted by Crippen LogP contribution is -2.38. The maximum Gasteiger partial charge on any atom is 0.223 e. The van der Waals surface area contributed by atoms with Crippen molar-refractivity contribution >= 4 is 5.91 Å². The third kappa shape index (κ3) is 4.08. The lowest BCUT2D eigenvalue weighted by Gasteiger charge is -2.32. The van der Waals surface area contributed by atoms with Crippen molar-refractivity contribution in [3.8, 4) is 0 Å². The van der Waals surface area contributed by atoms with Gasteiger partial charge in [0.25, 0.3) is 0 Å². The molecule has 1 aliphatic carbocycles. The van der Waals surface area contributed by atoms with Gasteiger partial charge in [-0.2, -0.15) is 0 Å². The number of fused-ring (bicyclic) bond motifs is 1. The summed E-state index contributed by atoms with van der Waals surface area (Å²) in [7, 11) is 2.18. The molecule has 0 aromatic carbocycles. The van der Waals surface area contributed by atoms with Gasteiger partial charge < -0.3 is 9.80 Å². The zero-order valence-corrected chi connectivity index (χ0v) is 16.1. The van der Waals surface area contributed by atoms with E-state index in [2.05, 4.69) is 16.9 Å². The number of carbonyl (C=O) groups excluding carboxylic acids is 1. The number of piperidine rings is 1. The molecule has 26 heavy (non-hydrogen) atoms. The summed E-state index contributed by atoms with van der Waals surface area (Å²) in [4.78, 5) is 26.7. The van der Waals surface area contributed by atoms with Gasteiger partial charge in [-0.25, -0.2) is 9.97 Å². The molecule has 4 rings (SSSR count). The van der Waals surface area contributed by atoms with Crippen LogP contribution in [0.5, 0.6) is 0 Å². The molecule has 2 aliphatic heterocycles. The SMILES string of the molecule is CN1CCC[C@H](c2ncc3c(n2)CCN(C(=O)CC2CCCCC2)C3)C1. The molecule has 1 amide bonds. The van der Waals surface area contributed by atoms with Crippen LogP contribution in [0.1, 0.15) is 74.4 Å². The normalized spacial score (nSPS) is 25.1. The predicted octanol–water partition coefficient (Wildman–Crippen LogP) is 3.14. The Bertz CT molecular complexity index is 641. The van der Waals surface area contributed by atoms with Gasteiger partial charge >= 0.3 is 0 Å². The highest BCUT2D eigenvalue weighted by molar-refractivity contribution is 5.76. The van der Waals surface area contributed by atoms with E-state index in [1.165, 1.54) is 57.2 Å². The molecule has 1 saturated carbocycles. The van der Waals surface area contributed by atoms with Gasteiger partial charge in [-0.1, -0.05) is 19.3 Å². The van der Waals surface area contributed by atoms with Gasteiger partial charge in [0.15, 0.2) is 0 Å². The minimum Gasteiger partial charge on any atom is -0.338 e. The van der Waals surface area contributed by atoms with Crippen LogP contribution in [0.25, 0.3) is 0 Å². The van der Waals surface area contributed by atoms with Crippen molar-refractivity contribution in [2.75, 3.05) is 26.7 Å². The highest BCUT2D eigenvalue weighted by Crippen LogP contribution is 2.29. The molecule has 142 valence electrons. The van der Waals surface area contributed by atoms with Gasteiger partial charge in [0.2, 0.25) is 5.91 Å². The second-order valence-electron chi connectivity index (χ2n) is 8.57. The molecule has 5 heteroatoms. The third-order valence-corrected chi connectivity index (χ3v) is 6.48. The van der Waals surface area contributed by atoms with E-state index in [0.29, 0.717) is 24.3 Å². The number of carbonyl (C=O) groups is 1. The van der Waals surface area contributed by atoms with E-state index >= 15 is 0 Å². The molecule has 2 fully saturated rings. The minimum absolute atomic E-state index is 0.334. The van der Waals surface area contributed by atoms with Crippen molar-refractivity contribution in [3.05, 3.63) is 23.3 Å². The quantitative estimate of drug-likeness (QED) is 0.835. The molecule has 3 heterocycles. The molecule has 0 unspecified atom stereocenters. The standard InChI is InChI=1S/C21H32N4O/c1-24-10-5-8-17(14-24)21-22-13-18-15-25(11-9-19(18)23-21)20(26)12-16-6-3-2-4-7-16/h13,16-17H,2-12,14-15H2,1H3/t17-/m0/s1. The van der Waals surface area contributed by atoms with E-state index in [4.69, 9.17) is 4.98 Å². The molecule has 0 spiro atoms. The molecule has 5 nitrogen and oxygen atoms in total. The van der Waals surface area contributed by atoms with Crippen LogP contribution in [0.4, 0.5) is 0 Å². The van der Waals surface area contributed by atoms with Crippen LogP contribution in [0.15, 0.2) is 6.20 Å². The van der Waals surface area contributed by atoms with E-state index in [9.17, 15) is 4.79 Å². The number of likely N-dealkylation sites (tertiary alicyclic amines) is 1. The fourth-order valence-electron chi connectivity index (χ4n) is 4.89. The van der Waals surface area contributed by atoms with Crippen molar-refractivity contribution in [1.29, 1.82) is 0 Å². The van der Waals surface area contributed by atoms with Crippen LogP contribution in [0.3, 0.4) is 0 Å². The Kier molecular flexibility index (Phi) is 5.53. The van der Waals surface area contributed by atoms with Crippen LogP contribution >= 0.6 is 0 Å². The lowest BCUT2D eigenvalue weighted by atomic mass is 9.86. The number of rotatable bonds is 3. The molecule has 1 saturated heterocycles. The van der Waals surface area contributed by atoms with Gasteiger partial charge in [0.05, 0.1) is 5.69 Å². The van der Waals surface area contributed by atoms with Gasteiger partial charge in [-0.05, 0) is 45.2 Å². The number of hydrogen-bond donors (Lipinski definition) is 0. The second kappa shape index (κ2) is 8.03. The largest absolute Gasteiger partial charge is 0.338 e. The maximum absolute atomic E-state index is 12.7. The molecular weight excluding hydrogens is 324 g/mol. The first kappa shape index (κ1) is 17.9. The molecule has 0 radical (unpaired) electrons. The van der Waals surface area contributed by atoms with E-state index < -0.39 is 0 Å². The average molecular weight is 357 g/mol. The molecule has 1 aromatic heterocycles. The zero-order chi connectivity index (χ0) is 17.9. The Morgan fingerprint density at radius 3 is 2.81 bits per heavy atom. The smallest absolute Gasteiger partial charge is 0.223 e. The van der Waals surface area contributed by atoms with Crippen molar-refractivity contribution in [2.45, 2.75) is 70.3 Å². The molecule has 0 N–H and O–H groups in total. The zero-order valence-electron chi connectivity index (χ0n) is 16.1. The second-order valence-corrected chi connectivity index (χ2v) is 8.57. The summed E-state index contributed by atoms with van der Waals surface area (Å²) in [6, 6.07) is 0. The first-order chi connectivity index (χ1) is 12.7. The fraction of sp³-hybridized carbons (Fsp3) is 0.762. The topological polar surface area (TPSA) is 49.3 Å². The maximum atomic E-state index is 12.7. The van der Waals surface area contributed by atoms with Crippen molar-refractivity contribution < 1.29 is 4.79 Å². The van der Waals surface area contributed by atoms with Crippen molar-refractivity contribution in [1.82, 2.24) is 19.8 Å². The third-order valence-electron chi connectivity index (χ3n) is 6.48. The summed E-state index contributed by atoms with van der Waals surface area (Å²) >= 11 is 0. The van der Waals surface area contributed by atoms with E-state index in [1.54, 1.807) is 0 Å². The molecule has 1 aromatic rings. The molecule has 1 atom stereocenters. The lowest BCUT2D eigenvalue weighted by molar-refractivity contribution is -0.133. The van der Waals surface area contributed by atoms with Crippen LogP contribution in [0.2, 0.25) is 0 Å². The molecule has 3 aliphatic rings. The highest BCUT2D eigenvalue weighted by Gasteiger charge is 2.27. The summed E-state index contributed by atoms with van der Waals surface area (Å²) in [6.45, 7) is 3.76. The summed E-state index contributed by atoms with van der Waals surface area (Å²) in [5.41, 5.74) is 2.33. The Labute approximate surface area is 157 Å². The minimum atomic E-state index is 0.334. The van der Waals surface area contributed by atoms with E-state index in [-0.39, 0.29) is 0 Å².